The molecule has 1 rings (SSSR count). The number of carbonyl (C=O) groups is 1. The van der Waals surface area contributed by atoms with Gasteiger partial charge in [-0.2, -0.15) is 0 Å². The Morgan fingerprint density at radius 3 is 2.59 bits per heavy atom. The number of hydrogen-bond acceptors (Lipinski definition) is 4. The van der Waals surface area contributed by atoms with E-state index < -0.39 is 0 Å². The van der Waals surface area contributed by atoms with Crippen LogP contribution >= 0.6 is 0 Å². The van der Waals surface area contributed by atoms with E-state index in [1.54, 1.807) is 7.11 Å². The van der Waals surface area contributed by atoms with E-state index in [1.165, 1.54) is 0 Å². The summed E-state index contributed by atoms with van der Waals surface area (Å²) in [7, 11) is 5.63. The van der Waals surface area contributed by atoms with Gasteiger partial charge in [0.05, 0.1) is 13.7 Å². The van der Waals surface area contributed by atoms with Crippen LogP contribution in [0.15, 0.2) is 18.2 Å². The van der Waals surface area contributed by atoms with Gasteiger partial charge in [-0.1, -0.05) is 6.07 Å². The zero-order valence-electron chi connectivity index (χ0n) is 13.9. The van der Waals surface area contributed by atoms with E-state index in [-0.39, 0.29) is 6.03 Å². The first kappa shape index (κ1) is 18.1. The molecule has 2 amide bonds. The Hall–Kier alpha value is -1.95. The molecule has 0 aliphatic rings. The molecule has 2 N–H and O–H groups in total. The largest absolute Gasteiger partial charge is 0.493 e. The van der Waals surface area contributed by atoms with Gasteiger partial charge in [-0.25, -0.2) is 4.79 Å². The third kappa shape index (κ3) is 7.17. The normalized spacial score (nSPS) is 10.4. The molecule has 0 saturated carbocycles. The summed E-state index contributed by atoms with van der Waals surface area (Å²) in [5, 5.41) is 5.57. The molecule has 1 aromatic rings. The number of benzene rings is 1. The minimum absolute atomic E-state index is 0.168. The van der Waals surface area contributed by atoms with Crippen LogP contribution in [0.2, 0.25) is 0 Å². The van der Waals surface area contributed by atoms with Crippen molar-refractivity contribution >= 4 is 6.03 Å². The molecule has 6 nitrogen and oxygen atoms in total. The van der Waals surface area contributed by atoms with Crippen LogP contribution in [0.3, 0.4) is 0 Å². The third-order valence-corrected chi connectivity index (χ3v) is 3.03. The number of aryl methyl sites for hydroxylation is 1. The minimum atomic E-state index is -0.168. The molecule has 0 radical (unpaired) electrons. The summed E-state index contributed by atoms with van der Waals surface area (Å²) in [6.45, 7) is 4.45. The first-order chi connectivity index (χ1) is 10.5. The van der Waals surface area contributed by atoms with Crippen LogP contribution in [0.25, 0.3) is 0 Å². The van der Waals surface area contributed by atoms with Crippen molar-refractivity contribution in [1.82, 2.24) is 15.5 Å². The Balaban J connectivity index is 2.18. The molecule has 0 aromatic heterocycles. The number of methoxy groups -OCH3 is 1. The average Bonchev–Trinajstić information content (AvgIpc) is 2.49. The van der Waals surface area contributed by atoms with Gasteiger partial charge in [0, 0.05) is 6.54 Å². The maximum Gasteiger partial charge on any atom is 0.314 e. The van der Waals surface area contributed by atoms with Crippen molar-refractivity contribution < 1.29 is 14.3 Å². The second-order valence-electron chi connectivity index (χ2n) is 5.34. The zero-order chi connectivity index (χ0) is 16.4. The van der Waals surface area contributed by atoms with Crippen LogP contribution in [0, 0.1) is 6.92 Å². The van der Waals surface area contributed by atoms with E-state index in [0.29, 0.717) is 31.2 Å². The number of ether oxygens (including phenoxy) is 2. The molecular formula is C16H27N3O3. The zero-order valence-corrected chi connectivity index (χ0v) is 13.9. The van der Waals surface area contributed by atoms with Gasteiger partial charge < -0.3 is 25.0 Å². The molecule has 0 aliphatic heterocycles. The van der Waals surface area contributed by atoms with Crippen molar-refractivity contribution in [2.45, 2.75) is 13.3 Å². The van der Waals surface area contributed by atoms with E-state index in [1.807, 2.05) is 39.2 Å². The number of amides is 2. The molecule has 0 spiro atoms. The maximum absolute atomic E-state index is 11.6. The summed E-state index contributed by atoms with van der Waals surface area (Å²) in [4.78, 5) is 13.6. The average molecular weight is 309 g/mol. The van der Waals surface area contributed by atoms with E-state index in [2.05, 4.69) is 15.5 Å². The summed E-state index contributed by atoms with van der Waals surface area (Å²) in [5.74, 6) is 1.38. The highest BCUT2D eigenvalue weighted by atomic mass is 16.5. The van der Waals surface area contributed by atoms with Crippen molar-refractivity contribution in [3.63, 3.8) is 0 Å². The predicted octanol–water partition coefficient (Wildman–Crippen LogP) is 1.63. The van der Waals surface area contributed by atoms with E-state index >= 15 is 0 Å². The van der Waals surface area contributed by atoms with Gasteiger partial charge in [0.2, 0.25) is 0 Å². The van der Waals surface area contributed by atoms with Crippen LogP contribution in [0.1, 0.15) is 12.0 Å². The maximum atomic E-state index is 11.6. The summed E-state index contributed by atoms with van der Waals surface area (Å²) < 4.78 is 10.9. The first-order valence-electron chi connectivity index (χ1n) is 7.47. The fourth-order valence-electron chi connectivity index (χ4n) is 1.88. The molecule has 22 heavy (non-hydrogen) atoms. The van der Waals surface area contributed by atoms with E-state index in [9.17, 15) is 4.79 Å². The summed E-state index contributed by atoms with van der Waals surface area (Å²) in [6.07, 6.45) is 0.928. The number of nitrogens with zero attached hydrogens (tertiary/aromatic N) is 1. The van der Waals surface area contributed by atoms with Crippen LogP contribution in [-0.4, -0.2) is 58.4 Å². The molecule has 0 aliphatic carbocycles. The Morgan fingerprint density at radius 2 is 1.91 bits per heavy atom. The Morgan fingerprint density at radius 1 is 1.18 bits per heavy atom. The number of carbonyl (C=O) groups excluding carboxylic acids is 1. The monoisotopic (exact) mass is 309 g/mol. The lowest BCUT2D eigenvalue weighted by Gasteiger charge is -2.12. The molecular weight excluding hydrogens is 282 g/mol. The molecule has 0 unspecified atom stereocenters. The highest BCUT2D eigenvalue weighted by molar-refractivity contribution is 5.73. The SMILES string of the molecule is COc1cc(C)ccc1OCCNC(=O)NCCCN(C)C. The highest BCUT2D eigenvalue weighted by Crippen LogP contribution is 2.27. The van der Waals surface area contributed by atoms with Gasteiger partial charge in [0.1, 0.15) is 6.61 Å². The van der Waals surface area contributed by atoms with E-state index in [4.69, 9.17) is 9.47 Å². The second-order valence-corrected chi connectivity index (χ2v) is 5.34. The first-order valence-corrected chi connectivity index (χ1v) is 7.47. The smallest absolute Gasteiger partial charge is 0.314 e. The third-order valence-electron chi connectivity index (χ3n) is 3.03. The van der Waals surface area contributed by atoms with Crippen molar-refractivity contribution in [1.29, 1.82) is 0 Å². The molecule has 0 fully saturated rings. The van der Waals surface area contributed by atoms with Gasteiger partial charge >= 0.3 is 6.03 Å². The van der Waals surface area contributed by atoms with Crippen molar-refractivity contribution in [3.8, 4) is 11.5 Å². The fraction of sp³-hybridized carbons (Fsp3) is 0.562. The summed E-state index contributed by atoms with van der Waals surface area (Å²) in [5.41, 5.74) is 1.11. The van der Waals surface area contributed by atoms with Crippen LogP contribution < -0.4 is 20.1 Å². The van der Waals surface area contributed by atoms with Crippen molar-refractivity contribution in [2.24, 2.45) is 0 Å². The van der Waals surface area contributed by atoms with Crippen LogP contribution in [0.4, 0.5) is 4.79 Å². The number of hydrogen-bond donors (Lipinski definition) is 2. The number of rotatable bonds is 9. The fourth-order valence-corrected chi connectivity index (χ4v) is 1.88. The quantitative estimate of drug-likeness (QED) is 0.681. The Bertz CT molecular complexity index is 464. The lowest BCUT2D eigenvalue weighted by molar-refractivity contribution is 0.235. The lowest BCUT2D eigenvalue weighted by Crippen LogP contribution is -2.38. The van der Waals surface area contributed by atoms with Gasteiger partial charge in [-0.05, 0) is 51.7 Å². The highest BCUT2D eigenvalue weighted by Gasteiger charge is 2.04. The topological polar surface area (TPSA) is 62.8 Å². The minimum Gasteiger partial charge on any atom is -0.493 e. The van der Waals surface area contributed by atoms with E-state index in [0.717, 1.165) is 18.5 Å². The predicted molar refractivity (Wildman–Crippen MR) is 87.8 cm³/mol. The molecule has 0 saturated heterocycles. The van der Waals surface area contributed by atoms with Crippen LogP contribution in [-0.2, 0) is 0 Å². The van der Waals surface area contributed by atoms with Crippen molar-refractivity contribution in [3.05, 3.63) is 23.8 Å². The van der Waals surface area contributed by atoms with Gasteiger partial charge in [0.15, 0.2) is 11.5 Å². The molecule has 1 aromatic carbocycles. The van der Waals surface area contributed by atoms with Crippen molar-refractivity contribution in [2.75, 3.05) is 47.4 Å². The summed E-state index contributed by atoms with van der Waals surface area (Å²) in [6, 6.07) is 5.58. The molecule has 0 atom stereocenters. The summed E-state index contributed by atoms with van der Waals surface area (Å²) >= 11 is 0. The van der Waals surface area contributed by atoms with Gasteiger partial charge in [-0.15, -0.1) is 0 Å². The molecule has 0 bridgehead atoms. The van der Waals surface area contributed by atoms with Gasteiger partial charge in [-0.3, -0.25) is 0 Å². The lowest BCUT2D eigenvalue weighted by atomic mass is 10.2. The molecule has 124 valence electrons. The second kappa shape index (κ2) is 9.89. The number of urea groups is 1. The van der Waals surface area contributed by atoms with Crippen LogP contribution in [0.5, 0.6) is 11.5 Å². The van der Waals surface area contributed by atoms with Gasteiger partial charge in [0.25, 0.3) is 0 Å². The number of nitrogens with one attached hydrogen (secondary N) is 2. The molecule has 6 heteroatoms. The standard InChI is InChI=1S/C16H27N3O3/c1-13-6-7-14(15(12-13)21-4)22-11-9-18-16(20)17-8-5-10-19(2)3/h6-7,12H,5,8-11H2,1-4H3,(H2,17,18,20). The Labute approximate surface area is 132 Å². The Kier molecular flexibility index (Phi) is 8.14. The molecule has 0 heterocycles.